The van der Waals surface area contributed by atoms with Gasteiger partial charge in [0, 0.05) is 11.5 Å². The lowest BCUT2D eigenvalue weighted by molar-refractivity contribution is 0.144. The van der Waals surface area contributed by atoms with Gasteiger partial charge in [-0.2, -0.15) is 0 Å². The van der Waals surface area contributed by atoms with Gasteiger partial charge in [-0.3, -0.25) is 0 Å². The molecule has 0 aromatic heterocycles. The highest BCUT2D eigenvalue weighted by molar-refractivity contribution is 6.31. The molecule has 0 aliphatic heterocycles. The number of alkyl carbamates (subject to hydrolysis) is 1. The number of aryl methyl sites for hydroxylation is 1. The first-order valence-electron chi connectivity index (χ1n) is 9.47. The number of ether oxygens (including phenoxy) is 1. The number of hydrogen-bond acceptors (Lipinski definition) is 2. The second kappa shape index (κ2) is 8.43. The van der Waals surface area contributed by atoms with Crippen molar-refractivity contribution in [2.24, 2.45) is 0 Å². The minimum Gasteiger partial charge on any atom is -0.449 e. The molecule has 3 aromatic rings. The number of carbonyl (C=O) groups excluding carboxylic acids is 1. The van der Waals surface area contributed by atoms with Crippen molar-refractivity contribution in [3.8, 4) is 23.0 Å². The van der Waals surface area contributed by atoms with Crippen LogP contribution in [0.5, 0.6) is 0 Å². The summed E-state index contributed by atoms with van der Waals surface area (Å²) in [5.74, 6) is 5.94. The first-order valence-corrected chi connectivity index (χ1v) is 9.85. The number of nitrogens with one attached hydrogen (secondary N) is 1. The fourth-order valence-corrected chi connectivity index (χ4v) is 3.80. The molecule has 4 heteroatoms. The van der Waals surface area contributed by atoms with Crippen LogP contribution in [0.15, 0.2) is 66.7 Å². The Balaban J connectivity index is 1.36. The van der Waals surface area contributed by atoms with Gasteiger partial charge < -0.3 is 10.1 Å². The van der Waals surface area contributed by atoms with E-state index in [0.29, 0.717) is 5.02 Å². The Bertz CT molecular complexity index is 1080. The molecule has 144 valence electrons. The average Bonchev–Trinajstić information content (AvgIpc) is 3.06. The SMILES string of the molecule is Cc1ccc(Cl)c(C#CCNC(=O)OCC2c3ccccc3-c3ccccc32)c1. The average molecular weight is 402 g/mol. The molecule has 0 fully saturated rings. The van der Waals surface area contributed by atoms with E-state index >= 15 is 0 Å². The highest BCUT2D eigenvalue weighted by Gasteiger charge is 2.28. The molecule has 0 radical (unpaired) electrons. The summed E-state index contributed by atoms with van der Waals surface area (Å²) in [6, 6.07) is 22.2. The molecule has 0 unspecified atom stereocenters. The summed E-state index contributed by atoms with van der Waals surface area (Å²) >= 11 is 6.13. The molecule has 1 N–H and O–H groups in total. The second-order valence-electron chi connectivity index (χ2n) is 6.96. The molecule has 3 nitrogen and oxygen atoms in total. The smallest absolute Gasteiger partial charge is 0.407 e. The van der Waals surface area contributed by atoms with E-state index in [1.165, 1.54) is 22.3 Å². The van der Waals surface area contributed by atoms with Crippen molar-refractivity contribution in [1.29, 1.82) is 0 Å². The number of rotatable bonds is 3. The third-order valence-corrected chi connectivity index (χ3v) is 5.34. The molecule has 0 heterocycles. The monoisotopic (exact) mass is 401 g/mol. The van der Waals surface area contributed by atoms with Gasteiger partial charge in [0.1, 0.15) is 6.61 Å². The molecule has 0 bridgehead atoms. The molecule has 0 saturated heterocycles. The molecule has 0 saturated carbocycles. The van der Waals surface area contributed by atoms with Crippen molar-refractivity contribution in [3.05, 3.63) is 94.0 Å². The number of hydrogen-bond donors (Lipinski definition) is 1. The lowest BCUT2D eigenvalue weighted by atomic mass is 9.98. The fraction of sp³-hybridized carbons (Fsp3) is 0.160. The molecule has 1 amide bonds. The molecule has 0 spiro atoms. The lowest BCUT2D eigenvalue weighted by Gasteiger charge is -2.14. The Hall–Kier alpha value is -3.22. The Morgan fingerprint density at radius 2 is 1.69 bits per heavy atom. The van der Waals surface area contributed by atoms with Gasteiger partial charge in [-0.25, -0.2) is 4.79 Å². The summed E-state index contributed by atoms with van der Waals surface area (Å²) in [6.07, 6.45) is -0.475. The topological polar surface area (TPSA) is 38.3 Å². The van der Waals surface area contributed by atoms with E-state index in [4.69, 9.17) is 16.3 Å². The normalized spacial score (nSPS) is 11.8. The summed E-state index contributed by atoms with van der Waals surface area (Å²) in [5, 5.41) is 3.28. The first kappa shape index (κ1) is 19.1. The Labute approximate surface area is 175 Å². The zero-order chi connectivity index (χ0) is 20.2. The molecular formula is C25H20ClNO2. The summed E-state index contributed by atoms with van der Waals surface area (Å²) in [5.41, 5.74) is 6.63. The van der Waals surface area contributed by atoms with Crippen LogP contribution in [0.3, 0.4) is 0 Å². The summed E-state index contributed by atoms with van der Waals surface area (Å²) in [6.45, 7) is 2.47. The van der Waals surface area contributed by atoms with Gasteiger partial charge in [0.15, 0.2) is 0 Å². The lowest BCUT2D eigenvalue weighted by Crippen LogP contribution is -2.26. The third kappa shape index (κ3) is 4.13. The first-order chi connectivity index (χ1) is 14.1. The summed E-state index contributed by atoms with van der Waals surface area (Å²) in [4.78, 5) is 12.1. The zero-order valence-corrected chi connectivity index (χ0v) is 16.8. The number of carbonyl (C=O) groups is 1. The van der Waals surface area contributed by atoms with Crippen LogP contribution in [0.4, 0.5) is 4.79 Å². The van der Waals surface area contributed by atoms with Crippen LogP contribution in [-0.4, -0.2) is 19.2 Å². The molecule has 1 aliphatic rings. The van der Waals surface area contributed by atoms with E-state index in [9.17, 15) is 4.79 Å². The van der Waals surface area contributed by atoms with Crippen LogP contribution in [-0.2, 0) is 4.74 Å². The maximum Gasteiger partial charge on any atom is 0.407 e. The number of halogens is 1. The Morgan fingerprint density at radius 1 is 1.03 bits per heavy atom. The summed E-state index contributed by atoms with van der Waals surface area (Å²) < 4.78 is 5.49. The van der Waals surface area contributed by atoms with Crippen molar-refractivity contribution >= 4 is 17.7 Å². The van der Waals surface area contributed by atoms with E-state index < -0.39 is 6.09 Å². The summed E-state index contributed by atoms with van der Waals surface area (Å²) in [7, 11) is 0. The quantitative estimate of drug-likeness (QED) is 0.585. The zero-order valence-electron chi connectivity index (χ0n) is 16.0. The van der Waals surface area contributed by atoms with Gasteiger partial charge >= 0.3 is 6.09 Å². The fourth-order valence-electron chi connectivity index (χ4n) is 3.64. The maximum absolute atomic E-state index is 12.1. The predicted octanol–water partition coefficient (Wildman–Crippen LogP) is 5.54. The van der Waals surface area contributed by atoms with Gasteiger partial charge in [0.05, 0.1) is 11.6 Å². The van der Waals surface area contributed by atoms with Gasteiger partial charge in [0.2, 0.25) is 0 Å². The molecule has 0 atom stereocenters. The van der Waals surface area contributed by atoms with Crippen molar-refractivity contribution in [3.63, 3.8) is 0 Å². The van der Waals surface area contributed by atoms with Gasteiger partial charge in [0.25, 0.3) is 0 Å². The Morgan fingerprint density at radius 3 is 2.38 bits per heavy atom. The number of fused-ring (bicyclic) bond motifs is 3. The molecule has 3 aromatic carbocycles. The molecule has 1 aliphatic carbocycles. The number of amides is 1. The van der Waals surface area contributed by atoms with Crippen LogP contribution in [0.2, 0.25) is 5.02 Å². The van der Waals surface area contributed by atoms with E-state index in [0.717, 1.165) is 11.1 Å². The molecular weight excluding hydrogens is 382 g/mol. The standard InChI is InChI=1S/C25H20ClNO2/c1-17-12-13-24(26)18(15-17)7-6-14-27-25(28)29-16-23-21-10-4-2-8-19(21)20-9-3-5-11-22(20)23/h2-5,8-13,15,23H,14,16H2,1H3,(H,27,28). The number of benzene rings is 3. The highest BCUT2D eigenvalue weighted by Crippen LogP contribution is 2.44. The van der Waals surface area contributed by atoms with Crippen molar-refractivity contribution in [2.75, 3.05) is 13.2 Å². The third-order valence-electron chi connectivity index (χ3n) is 5.01. The van der Waals surface area contributed by atoms with Crippen LogP contribution >= 0.6 is 11.6 Å². The van der Waals surface area contributed by atoms with Gasteiger partial charge in [-0.15, -0.1) is 0 Å². The molecule has 29 heavy (non-hydrogen) atoms. The van der Waals surface area contributed by atoms with E-state index in [1.807, 2.05) is 49.4 Å². The Kier molecular flexibility index (Phi) is 5.55. The van der Waals surface area contributed by atoms with Gasteiger partial charge in [-0.05, 0) is 46.9 Å². The minimum atomic E-state index is -0.475. The van der Waals surface area contributed by atoms with Crippen LogP contribution < -0.4 is 5.32 Å². The van der Waals surface area contributed by atoms with E-state index in [1.54, 1.807) is 0 Å². The van der Waals surface area contributed by atoms with Gasteiger partial charge in [-0.1, -0.05) is 78.0 Å². The predicted molar refractivity (Wildman–Crippen MR) is 116 cm³/mol. The van der Waals surface area contributed by atoms with Crippen LogP contribution in [0, 0.1) is 18.8 Å². The van der Waals surface area contributed by atoms with Crippen LogP contribution in [0.25, 0.3) is 11.1 Å². The highest BCUT2D eigenvalue weighted by atomic mass is 35.5. The van der Waals surface area contributed by atoms with Crippen molar-refractivity contribution < 1.29 is 9.53 Å². The van der Waals surface area contributed by atoms with E-state index in [2.05, 4.69) is 41.4 Å². The van der Waals surface area contributed by atoms with Crippen LogP contribution in [0.1, 0.15) is 28.2 Å². The van der Waals surface area contributed by atoms with E-state index in [-0.39, 0.29) is 19.1 Å². The molecule has 4 rings (SSSR count). The van der Waals surface area contributed by atoms with Crippen molar-refractivity contribution in [1.82, 2.24) is 5.32 Å². The largest absolute Gasteiger partial charge is 0.449 e. The maximum atomic E-state index is 12.1. The van der Waals surface area contributed by atoms with Crippen molar-refractivity contribution in [2.45, 2.75) is 12.8 Å². The second-order valence-corrected chi connectivity index (χ2v) is 7.37. The minimum absolute atomic E-state index is 0.0466.